The van der Waals surface area contributed by atoms with Gasteiger partial charge in [0.15, 0.2) is 0 Å². The quantitative estimate of drug-likeness (QED) is 0.820. The highest BCUT2D eigenvalue weighted by Gasteiger charge is 2.19. The average molecular weight is 218 g/mol. The number of benzene rings is 2. The molecule has 0 aliphatic heterocycles. The maximum absolute atomic E-state index is 13.0. The molecular formula is C14H15FO. The number of aliphatic hydroxyl groups is 1. The molecule has 0 aliphatic rings. The molecule has 0 aromatic heterocycles. The molecule has 1 N–H and O–H groups in total. The summed E-state index contributed by atoms with van der Waals surface area (Å²) >= 11 is 0. The molecule has 0 radical (unpaired) electrons. The van der Waals surface area contributed by atoms with Gasteiger partial charge in [0, 0.05) is 5.41 Å². The fourth-order valence-electron chi connectivity index (χ4n) is 1.73. The van der Waals surface area contributed by atoms with Crippen LogP contribution >= 0.6 is 0 Å². The van der Waals surface area contributed by atoms with Gasteiger partial charge in [-0.3, -0.25) is 0 Å². The standard InChI is InChI=1S/C14H15FO/c1-14(2,9-16)12-5-3-11-8-13(15)6-4-10(11)7-12/h3-8,16H,9H2,1-2H3. The zero-order valence-corrected chi connectivity index (χ0v) is 9.50. The van der Waals surface area contributed by atoms with E-state index in [1.807, 2.05) is 32.0 Å². The first-order chi connectivity index (χ1) is 7.53. The summed E-state index contributed by atoms with van der Waals surface area (Å²) in [6.45, 7) is 4.06. The van der Waals surface area contributed by atoms with Crippen LogP contribution in [0.5, 0.6) is 0 Å². The van der Waals surface area contributed by atoms with E-state index in [2.05, 4.69) is 0 Å². The molecule has 0 saturated carbocycles. The van der Waals surface area contributed by atoms with E-state index in [0.717, 1.165) is 16.3 Å². The van der Waals surface area contributed by atoms with Crippen LogP contribution in [0.15, 0.2) is 36.4 Å². The zero-order valence-electron chi connectivity index (χ0n) is 9.50. The molecule has 0 unspecified atom stereocenters. The lowest BCUT2D eigenvalue weighted by atomic mass is 9.84. The number of rotatable bonds is 2. The summed E-state index contributed by atoms with van der Waals surface area (Å²) in [5.41, 5.74) is 0.803. The molecule has 0 fully saturated rings. The molecule has 1 nitrogen and oxygen atoms in total. The minimum Gasteiger partial charge on any atom is -0.395 e. The summed E-state index contributed by atoms with van der Waals surface area (Å²) < 4.78 is 13.0. The molecule has 2 rings (SSSR count). The van der Waals surface area contributed by atoms with Gasteiger partial charge < -0.3 is 5.11 Å². The van der Waals surface area contributed by atoms with Gasteiger partial charge in [0.2, 0.25) is 0 Å². The topological polar surface area (TPSA) is 20.2 Å². The lowest BCUT2D eigenvalue weighted by molar-refractivity contribution is 0.218. The maximum Gasteiger partial charge on any atom is 0.123 e. The predicted molar refractivity (Wildman–Crippen MR) is 64.0 cm³/mol. The van der Waals surface area contributed by atoms with Crippen molar-refractivity contribution in [3.8, 4) is 0 Å². The highest BCUT2D eigenvalue weighted by atomic mass is 19.1. The van der Waals surface area contributed by atoms with Crippen molar-refractivity contribution in [2.24, 2.45) is 0 Å². The van der Waals surface area contributed by atoms with Crippen LogP contribution in [0.25, 0.3) is 10.8 Å². The molecule has 2 heteroatoms. The van der Waals surface area contributed by atoms with E-state index in [1.165, 1.54) is 12.1 Å². The van der Waals surface area contributed by atoms with E-state index in [9.17, 15) is 9.50 Å². The van der Waals surface area contributed by atoms with Crippen LogP contribution in [0.4, 0.5) is 4.39 Å². The van der Waals surface area contributed by atoms with Crippen LogP contribution in [0.2, 0.25) is 0 Å². The number of hydrogen-bond acceptors (Lipinski definition) is 1. The lowest BCUT2D eigenvalue weighted by Crippen LogP contribution is -2.21. The SMILES string of the molecule is CC(C)(CO)c1ccc2cc(F)ccc2c1. The second-order valence-electron chi connectivity index (χ2n) is 4.75. The van der Waals surface area contributed by atoms with Gasteiger partial charge in [-0.1, -0.05) is 38.1 Å². The van der Waals surface area contributed by atoms with Gasteiger partial charge in [0.05, 0.1) is 6.61 Å². The normalized spacial score (nSPS) is 12.0. The minimum atomic E-state index is -0.261. The molecule has 2 aromatic carbocycles. The van der Waals surface area contributed by atoms with Crippen molar-refractivity contribution in [2.45, 2.75) is 19.3 Å². The molecule has 0 spiro atoms. The van der Waals surface area contributed by atoms with Crippen molar-refractivity contribution in [1.82, 2.24) is 0 Å². The van der Waals surface area contributed by atoms with E-state index in [1.54, 1.807) is 6.07 Å². The van der Waals surface area contributed by atoms with Crippen LogP contribution in [0, 0.1) is 5.82 Å². The molecule has 2 aromatic rings. The van der Waals surface area contributed by atoms with Gasteiger partial charge >= 0.3 is 0 Å². The first-order valence-electron chi connectivity index (χ1n) is 5.33. The first-order valence-corrected chi connectivity index (χ1v) is 5.33. The number of hydrogen-bond donors (Lipinski definition) is 1. The fourth-order valence-corrected chi connectivity index (χ4v) is 1.73. The van der Waals surface area contributed by atoms with Gasteiger partial charge in [0.25, 0.3) is 0 Å². The third kappa shape index (κ3) is 1.93. The van der Waals surface area contributed by atoms with Gasteiger partial charge in [0.1, 0.15) is 5.82 Å². The Morgan fingerprint density at radius 2 is 1.69 bits per heavy atom. The molecular weight excluding hydrogens is 203 g/mol. The van der Waals surface area contributed by atoms with Crippen LogP contribution in [-0.2, 0) is 5.41 Å². The molecule has 0 aliphatic carbocycles. The zero-order chi connectivity index (χ0) is 11.8. The van der Waals surface area contributed by atoms with Crippen LogP contribution in [0.3, 0.4) is 0 Å². The number of fused-ring (bicyclic) bond motifs is 1. The molecule has 0 atom stereocenters. The van der Waals surface area contributed by atoms with Gasteiger partial charge in [-0.15, -0.1) is 0 Å². The third-order valence-electron chi connectivity index (χ3n) is 2.98. The number of halogens is 1. The van der Waals surface area contributed by atoms with Crippen molar-refractivity contribution in [3.05, 3.63) is 47.8 Å². The largest absolute Gasteiger partial charge is 0.395 e. The highest BCUT2D eigenvalue weighted by Crippen LogP contribution is 2.26. The van der Waals surface area contributed by atoms with E-state index in [4.69, 9.17) is 0 Å². The fraction of sp³-hybridized carbons (Fsp3) is 0.286. The van der Waals surface area contributed by atoms with E-state index in [0.29, 0.717) is 0 Å². The van der Waals surface area contributed by atoms with Crippen molar-refractivity contribution < 1.29 is 9.50 Å². The predicted octanol–water partition coefficient (Wildman–Crippen LogP) is 3.25. The van der Waals surface area contributed by atoms with E-state index in [-0.39, 0.29) is 17.8 Å². The van der Waals surface area contributed by atoms with Crippen LogP contribution < -0.4 is 0 Å². The summed E-state index contributed by atoms with van der Waals surface area (Å²) in [7, 11) is 0. The Morgan fingerprint density at radius 1 is 1.06 bits per heavy atom. The third-order valence-corrected chi connectivity index (χ3v) is 2.98. The van der Waals surface area contributed by atoms with Crippen molar-refractivity contribution >= 4 is 10.8 Å². The summed E-state index contributed by atoms with van der Waals surface area (Å²) in [5, 5.41) is 11.2. The summed E-state index contributed by atoms with van der Waals surface area (Å²) in [6.07, 6.45) is 0. The average Bonchev–Trinajstić information content (AvgIpc) is 2.28. The van der Waals surface area contributed by atoms with Crippen molar-refractivity contribution in [1.29, 1.82) is 0 Å². The summed E-state index contributed by atoms with van der Waals surface area (Å²) in [6, 6.07) is 10.6. The van der Waals surface area contributed by atoms with Crippen LogP contribution in [0.1, 0.15) is 19.4 Å². The lowest BCUT2D eigenvalue weighted by Gasteiger charge is -2.22. The Hall–Kier alpha value is -1.41. The second-order valence-corrected chi connectivity index (χ2v) is 4.75. The van der Waals surface area contributed by atoms with Gasteiger partial charge in [-0.2, -0.15) is 0 Å². The second kappa shape index (κ2) is 3.87. The van der Waals surface area contributed by atoms with Crippen molar-refractivity contribution in [3.63, 3.8) is 0 Å². The molecule has 84 valence electrons. The summed E-state index contributed by atoms with van der Waals surface area (Å²) in [5.74, 6) is -0.221. The Balaban J connectivity index is 2.57. The Labute approximate surface area is 94.5 Å². The molecule has 0 bridgehead atoms. The molecule has 16 heavy (non-hydrogen) atoms. The Kier molecular flexibility index (Phi) is 2.68. The monoisotopic (exact) mass is 218 g/mol. The van der Waals surface area contributed by atoms with Gasteiger partial charge in [-0.25, -0.2) is 4.39 Å². The summed E-state index contributed by atoms with van der Waals surface area (Å²) in [4.78, 5) is 0. The molecule has 0 amide bonds. The number of aliphatic hydroxyl groups excluding tert-OH is 1. The Morgan fingerprint density at radius 3 is 2.38 bits per heavy atom. The van der Waals surface area contributed by atoms with Crippen LogP contribution in [-0.4, -0.2) is 11.7 Å². The van der Waals surface area contributed by atoms with Gasteiger partial charge in [-0.05, 0) is 28.5 Å². The maximum atomic E-state index is 13.0. The Bertz CT molecular complexity index is 517. The minimum absolute atomic E-state index is 0.0969. The van der Waals surface area contributed by atoms with E-state index < -0.39 is 0 Å². The molecule has 0 heterocycles. The smallest absolute Gasteiger partial charge is 0.123 e. The van der Waals surface area contributed by atoms with Crippen molar-refractivity contribution in [2.75, 3.05) is 6.61 Å². The molecule has 0 saturated heterocycles. The highest BCUT2D eigenvalue weighted by molar-refractivity contribution is 5.83. The van der Waals surface area contributed by atoms with E-state index >= 15 is 0 Å². The first kappa shape index (κ1) is 11.1.